The summed E-state index contributed by atoms with van der Waals surface area (Å²) in [6.45, 7) is 2.39. The molecule has 0 spiro atoms. The molecule has 5 heteroatoms. The number of rotatable bonds is 3. The van der Waals surface area contributed by atoms with E-state index in [-0.39, 0.29) is 0 Å². The number of aromatic nitrogens is 2. The van der Waals surface area contributed by atoms with E-state index in [0.717, 1.165) is 21.5 Å². The van der Waals surface area contributed by atoms with Crippen molar-refractivity contribution in [2.45, 2.75) is 13.5 Å². The topological polar surface area (TPSA) is 35.0 Å². The minimum atomic E-state index is 0.380. The summed E-state index contributed by atoms with van der Waals surface area (Å²) in [5.41, 5.74) is 1.87. The van der Waals surface area contributed by atoms with Crippen LogP contribution in [0.3, 0.4) is 0 Å². The van der Waals surface area contributed by atoms with E-state index in [2.05, 4.69) is 25.9 Å². The third-order valence-electron chi connectivity index (χ3n) is 2.19. The van der Waals surface area contributed by atoms with Crippen molar-refractivity contribution >= 4 is 27.5 Å². The van der Waals surface area contributed by atoms with Crippen LogP contribution in [0.2, 0.25) is 5.15 Å². The molecular formula is C12H10BrClN2O. The molecule has 0 saturated heterocycles. The van der Waals surface area contributed by atoms with Gasteiger partial charge in [0.25, 0.3) is 0 Å². The van der Waals surface area contributed by atoms with E-state index in [1.54, 1.807) is 6.20 Å². The molecule has 17 heavy (non-hydrogen) atoms. The molecule has 0 saturated carbocycles. The number of halogens is 2. The number of nitrogens with zero attached hydrogens (tertiary/aromatic N) is 2. The van der Waals surface area contributed by atoms with Crippen LogP contribution in [0, 0.1) is 6.92 Å². The molecule has 1 aromatic heterocycles. The zero-order valence-corrected chi connectivity index (χ0v) is 11.5. The summed E-state index contributed by atoms with van der Waals surface area (Å²) in [6.07, 6.45) is 3.11. The van der Waals surface area contributed by atoms with E-state index in [1.165, 1.54) is 6.20 Å². The van der Waals surface area contributed by atoms with Crippen LogP contribution in [-0.4, -0.2) is 9.97 Å². The summed E-state index contributed by atoms with van der Waals surface area (Å²) < 4.78 is 6.67. The molecule has 88 valence electrons. The highest BCUT2D eigenvalue weighted by molar-refractivity contribution is 9.10. The van der Waals surface area contributed by atoms with Crippen molar-refractivity contribution in [3.05, 3.63) is 51.5 Å². The largest absolute Gasteiger partial charge is 0.487 e. The molecule has 0 radical (unpaired) electrons. The third-order valence-corrected chi connectivity index (χ3v) is 3.27. The Morgan fingerprint density at radius 3 is 2.76 bits per heavy atom. The Morgan fingerprint density at radius 2 is 2.12 bits per heavy atom. The molecule has 1 aromatic carbocycles. The van der Waals surface area contributed by atoms with Crippen LogP contribution in [0.4, 0.5) is 0 Å². The average molecular weight is 314 g/mol. The van der Waals surface area contributed by atoms with Crippen molar-refractivity contribution < 1.29 is 4.74 Å². The second-order valence-corrected chi connectivity index (χ2v) is 4.77. The number of aryl methyl sites for hydroxylation is 1. The van der Waals surface area contributed by atoms with Crippen molar-refractivity contribution in [2.75, 3.05) is 0 Å². The lowest BCUT2D eigenvalue weighted by molar-refractivity contribution is 0.300. The van der Waals surface area contributed by atoms with Gasteiger partial charge in [0.2, 0.25) is 0 Å². The first-order chi connectivity index (χ1) is 8.15. The van der Waals surface area contributed by atoms with E-state index in [4.69, 9.17) is 16.3 Å². The van der Waals surface area contributed by atoms with E-state index in [1.807, 2.05) is 25.1 Å². The van der Waals surface area contributed by atoms with E-state index < -0.39 is 0 Å². The quantitative estimate of drug-likeness (QED) is 0.865. The van der Waals surface area contributed by atoms with Crippen molar-refractivity contribution in [3.8, 4) is 5.75 Å². The molecule has 0 unspecified atom stereocenters. The minimum Gasteiger partial charge on any atom is -0.487 e. The molecule has 0 amide bonds. The predicted molar refractivity (Wildman–Crippen MR) is 70.3 cm³/mol. The minimum absolute atomic E-state index is 0.380. The Morgan fingerprint density at radius 1 is 1.29 bits per heavy atom. The fraction of sp³-hybridized carbons (Fsp3) is 0.167. The molecule has 1 heterocycles. The fourth-order valence-electron chi connectivity index (χ4n) is 1.28. The summed E-state index contributed by atoms with van der Waals surface area (Å²) in [5, 5.41) is 0.383. The molecule has 0 atom stereocenters. The number of hydrogen-bond acceptors (Lipinski definition) is 3. The molecule has 0 fully saturated rings. The normalized spacial score (nSPS) is 10.3. The molecule has 0 N–H and O–H groups in total. The molecule has 0 aliphatic heterocycles. The van der Waals surface area contributed by atoms with Gasteiger partial charge in [-0.3, -0.25) is 4.98 Å². The van der Waals surface area contributed by atoms with Crippen LogP contribution < -0.4 is 4.74 Å². The smallest absolute Gasteiger partial charge is 0.147 e. The molecule has 0 aliphatic rings. The standard InChI is InChI=1S/C12H10BrClN2O/c1-8-4-10(2-3-11(8)13)17-7-9-5-16-12(14)6-15-9/h2-6H,7H2,1H3. The van der Waals surface area contributed by atoms with Crippen LogP contribution in [0.15, 0.2) is 35.1 Å². The van der Waals surface area contributed by atoms with Crippen LogP contribution in [0.5, 0.6) is 5.75 Å². The maximum atomic E-state index is 5.65. The van der Waals surface area contributed by atoms with Gasteiger partial charge in [0.1, 0.15) is 17.5 Å². The number of benzene rings is 1. The molecule has 3 nitrogen and oxygen atoms in total. The van der Waals surface area contributed by atoms with Crippen molar-refractivity contribution in [1.82, 2.24) is 9.97 Å². The third kappa shape index (κ3) is 3.41. The lowest BCUT2D eigenvalue weighted by Crippen LogP contribution is -1.99. The van der Waals surface area contributed by atoms with Gasteiger partial charge in [-0.05, 0) is 30.7 Å². The highest BCUT2D eigenvalue weighted by Crippen LogP contribution is 2.22. The van der Waals surface area contributed by atoms with Gasteiger partial charge in [-0.15, -0.1) is 0 Å². The molecule has 2 rings (SSSR count). The van der Waals surface area contributed by atoms with Crippen LogP contribution in [0.1, 0.15) is 11.3 Å². The molecule has 0 bridgehead atoms. The summed E-state index contributed by atoms with van der Waals surface area (Å²) in [4.78, 5) is 8.04. The molecular weight excluding hydrogens is 304 g/mol. The van der Waals surface area contributed by atoms with Gasteiger partial charge in [0.05, 0.1) is 18.1 Å². The zero-order chi connectivity index (χ0) is 12.3. The van der Waals surface area contributed by atoms with Crippen molar-refractivity contribution in [2.24, 2.45) is 0 Å². The zero-order valence-electron chi connectivity index (χ0n) is 9.15. The fourth-order valence-corrected chi connectivity index (χ4v) is 1.62. The predicted octanol–water partition coefficient (Wildman–Crippen LogP) is 3.78. The highest BCUT2D eigenvalue weighted by atomic mass is 79.9. The van der Waals surface area contributed by atoms with Crippen molar-refractivity contribution in [3.63, 3.8) is 0 Å². The summed E-state index contributed by atoms with van der Waals surface area (Å²) in [7, 11) is 0. The van der Waals surface area contributed by atoms with Gasteiger partial charge >= 0.3 is 0 Å². The summed E-state index contributed by atoms with van der Waals surface area (Å²) >= 11 is 9.09. The average Bonchev–Trinajstić information content (AvgIpc) is 2.33. The van der Waals surface area contributed by atoms with E-state index >= 15 is 0 Å². The van der Waals surface area contributed by atoms with Crippen molar-refractivity contribution in [1.29, 1.82) is 0 Å². The maximum Gasteiger partial charge on any atom is 0.147 e. The van der Waals surface area contributed by atoms with Crippen LogP contribution in [0.25, 0.3) is 0 Å². The van der Waals surface area contributed by atoms with E-state index in [0.29, 0.717) is 11.8 Å². The Kier molecular flexibility index (Phi) is 3.97. The van der Waals surface area contributed by atoms with Gasteiger partial charge in [-0.1, -0.05) is 27.5 Å². The lowest BCUT2D eigenvalue weighted by atomic mass is 10.2. The Bertz CT molecular complexity index is 516. The molecule has 0 aliphatic carbocycles. The maximum absolute atomic E-state index is 5.65. The summed E-state index contributed by atoms with van der Waals surface area (Å²) in [6, 6.07) is 5.83. The Balaban J connectivity index is 2.02. The molecule has 2 aromatic rings. The Hall–Kier alpha value is -1.13. The van der Waals surface area contributed by atoms with Gasteiger partial charge in [0.15, 0.2) is 0 Å². The van der Waals surface area contributed by atoms with Crippen LogP contribution in [-0.2, 0) is 6.61 Å². The monoisotopic (exact) mass is 312 g/mol. The van der Waals surface area contributed by atoms with Crippen LogP contribution >= 0.6 is 27.5 Å². The second-order valence-electron chi connectivity index (χ2n) is 3.53. The first kappa shape index (κ1) is 12.3. The SMILES string of the molecule is Cc1cc(OCc2cnc(Cl)cn2)ccc1Br. The highest BCUT2D eigenvalue weighted by Gasteiger charge is 2.00. The number of ether oxygens (including phenoxy) is 1. The lowest BCUT2D eigenvalue weighted by Gasteiger charge is -2.07. The number of hydrogen-bond donors (Lipinski definition) is 0. The van der Waals surface area contributed by atoms with E-state index in [9.17, 15) is 0 Å². The first-order valence-electron chi connectivity index (χ1n) is 5.00. The van der Waals surface area contributed by atoms with Gasteiger partial charge in [0, 0.05) is 4.47 Å². The summed E-state index contributed by atoms with van der Waals surface area (Å²) in [5.74, 6) is 0.808. The van der Waals surface area contributed by atoms with Gasteiger partial charge < -0.3 is 4.74 Å². The van der Waals surface area contributed by atoms with Gasteiger partial charge in [-0.25, -0.2) is 4.98 Å². The Labute approximate surface area is 113 Å². The second kappa shape index (κ2) is 5.47. The first-order valence-corrected chi connectivity index (χ1v) is 6.17. The van der Waals surface area contributed by atoms with Gasteiger partial charge in [-0.2, -0.15) is 0 Å².